The summed E-state index contributed by atoms with van der Waals surface area (Å²) in [7, 11) is 0. The zero-order valence-electron chi connectivity index (χ0n) is 14.8. The lowest BCUT2D eigenvalue weighted by Gasteiger charge is -2.29. The highest BCUT2D eigenvalue weighted by Gasteiger charge is 2.35. The summed E-state index contributed by atoms with van der Waals surface area (Å²) in [6.07, 6.45) is -1.65. The smallest absolute Gasteiger partial charge is 0.408 e. The molecule has 1 amide bonds. The summed E-state index contributed by atoms with van der Waals surface area (Å²) in [6.45, 7) is 9.70. The lowest BCUT2D eigenvalue weighted by atomic mass is 9.98. The van der Waals surface area contributed by atoms with Crippen LogP contribution in [0.2, 0.25) is 0 Å². The number of hydrogen-bond donors (Lipinski definition) is 2. The Morgan fingerprint density at radius 2 is 1.92 bits per heavy atom. The summed E-state index contributed by atoms with van der Waals surface area (Å²) in [5.74, 6) is -0.724. The number of alkyl carbamates (subject to hydrolysis) is 1. The van der Waals surface area contributed by atoms with E-state index in [1.165, 1.54) is 6.92 Å². The van der Waals surface area contributed by atoms with Crippen molar-refractivity contribution in [2.45, 2.75) is 65.9 Å². The largest absolute Gasteiger partial charge is 0.450 e. The van der Waals surface area contributed by atoms with Crippen LogP contribution in [0.5, 0.6) is 0 Å². The van der Waals surface area contributed by atoms with Crippen LogP contribution < -0.4 is 5.32 Å². The number of ether oxygens (including phenoxy) is 2. The zero-order chi connectivity index (χ0) is 18.5. The molecule has 2 N–H and O–H groups in total. The Hall–Kier alpha value is -2.16. The quantitative estimate of drug-likeness (QED) is 0.748. The molecule has 0 aliphatic rings. The molecule has 0 radical (unpaired) electrons. The number of aliphatic hydroxyl groups excluding tert-OH is 1. The number of esters is 1. The van der Waals surface area contributed by atoms with Crippen molar-refractivity contribution in [2.75, 3.05) is 0 Å². The molecule has 0 bridgehead atoms. The number of nitrogens with zero attached hydrogens (tertiary/aromatic N) is 2. The molecule has 24 heavy (non-hydrogen) atoms. The first-order valence-electron chi connectivity index (χ1n) is 7.63. The third-order valence-corrected chi connectivity index (χ3v) is 2.88. The highest BCUT2D eigenvalue weighted by Crippen LogP contribution is 2.26. The molecule has 0 aliphatic carbocycles. The van der Waals surface area contributed by atoms with E-state index in [1.54, 1.807) is 20.8 Å². The Labute approximate surface area is 140 Å². The minimum absolute atomic E-state index is 0.0102. The normalized spacial score (nSPS) is 14.2. The number of hydrogen-bond acceptors (Lipinski definition) is 8. The van der Waals surface area contributed by atoms with Gasteiger partial charge in [0.1, 0.15) is 12.2 Å². The van der Waals surface area contributed by atoms with Crippen molar-refractivity contribution in [3.63, 3.8) is 0 Å². The van der Waals surface area contributed by atoms with Gasteiger partial charge in [-0.2, -0.15) is 0 Å². The molecule has 136 valence electrons. The van der Waals surface area contributed by atoms with Gasteiger partial charge >= 0.3 is 12.1 Å². The van der Waals surface area contributed by atoms with Crippen molar-refractivity contribution in [2.24, 2.45) is 5.92 Å². The minimum atomic E-state index is -0.997. The average Bonchev–Trinajstić information content (AvgIpc) is 2.88. The third-order valence-electron chi connectivity index (χ3n) is 2.88. The van der Waals surface area contributed by atoms with Crippen molar-refractivity contribution in [1.29, 1.82) is 0 Å². The number of carbonyl (C=O) groups excluding carboxylic acids is 2. The van der Waals surface area contributed by atoms with E-state index in [-0.39, 0.29) is 17.7 Å². The Bertz CT molecular complexity index is 564. The fourth-order valence-electron chi connectivity index (χ4n) is 1.94. The highest BCUT2D eigenvalue weighted by atomic mass is 16.6. The molecule has 1 aromatic heterocycles. The number of rotatable bonds is 6. The number of aromatic nitrogens is 2. The van der Waals surface area contributed by atoms with E-state index >= 15 is 0 Å². The molecule has 0 spiro atoms. The summed E-state index contributed by atoms with van der Waals surface area (Å²) < 4.78 is 15.8. The van der Waals surface area contributed by atoms with Gasteiger partial charge in [0, 0.05) is 6.92 Å². The monoisotopic (exact) mass is 343 g/mol. The van der Waals surface area contributed by atoms with Gasteiger partial charge in [-0.3, -0.25) is 4.79 Å². The van der Waals surface area contributed by atoms with Gasteiger partial charge in [-0.15, -0.1) is 10.2 Å². The molecule has 9 nitrogen and oxygen atoms in total. The Morgan fingerprint density at radius 1 is 1.29 bits per heavy atom. The molecule has 9 heteroatoms. The summed E-state index contributed by atoms with van der Waals surface area (Å²) in [4.78, 5) is 23.5. The molecule has 0 saturated heterocycles. The Morgan fingerprint density at radius 3 is 2.33 bits per heavy atom. The average molecular weight is 343 g/mol. The molecule has 1 heterocycles. The van der Waals surface area contributed by atoms with Gasteiger partial charge in [0.25, 0.3) is 5.89 Å². The van der Waals surface area contributed by atoms with Crippen LogP contribution in [0.1, 0.15) is 59.4 Å². The molecule has 1 aromatic rings. The van der Waals surface area contributed by atoms with Gasteiger partial charge in [-0.25, -0.2) is 4.79 Å². The molecule has 2 unspecified atom stereocenters. The Kier molecular flexibility index (Phi) is 6.70. The van der Waals surface area contributed by atoms with Crippen LogP contribution in [0.25, 0.3) is 0 Å². The second kappa shape index (κ2) is 8.09. The van der Waals surface area contributed by atoms with E-state index in [1.807, 2.05) is 13.8 Å². The van der Waals surface area contributed by atoms with Gasteiger partial charge in [0.2, 0.25) is 5.89 Å². The van der Waals surface area contributed by atoms with Crippen LogP contribution in [-0.2, 0) is 20.9 Å². The predicted molar refractivity (Wildman–Crippen MR) is 82.7 cm³/mol. The second-order valence-electron chi connectivity index (χ2n) is 6.64. The van der Waals surface area contributed by atoms with E-state index in [2.05, 4.69) is 15.5 Å². The predicted octanol–water partition coefficient (Wildman–Crippen LogP) is 1.72. The topological polar surface area (TPSA) is 124 Å². The van der Waals surface area contributed by atoms with Crippen LogP contribution >= 0.6 is 0 Å². The van der Waals surface area contributed by atoms with Crippen LogP contribution in [0.4, 0.5) is 4.79 Å². The van der Waals surface area contributed by atoms with Crippen molar-refractivity contribution in [3.8, 4) is 0 Å². The van der Waals surface area contributed by atoms with Gasteiger partial charge in [0.05, 0.1) is 6.04 Å². The fourth-order valence-corrected chi connectivity index (χ4v) is 1.94. The maximum Gasteiger partial charge on any atom is 0.408 e. The maximum absolute atomic E-state index is 12.1. The number of carbonyl (C=O) groups is 2. The molecular formula is C15H25N3O6. The van der Waals surface area contributed by atoms with Crippen molar-refractivity contribution in [3.05, 3.63) is 11.8 Å². The van der Waals surface area contributed by atoms with E-state index in [9.17, 15) is 9.59 Å². The first-order chi connectivity index (χ1) is 11.0. The van der Waals surface area contributed by atoms with Crippen molar-refractivity contribution >= 4 is 12.1 Å². The molecule has 0 fully saturated rings. The minimum Gasteiger partial charge on any atom is -0.450 e. The van der Waals surface area contributed by atoms with Crippen LogP contribution in [0, 0.1) is 5.92 Å². The van der Waals surface area contributed by atoms with E-state index in [0.29, 0.717) is 0 Å². The van der Waals surface area contributed by atoms with E-state index < -0.39 is 36.4 Å². The van der Waals surface area contributed by atoms with E-state index in [4.69, 9.17) is 19.0 Å². The summed E-state index contributed by atoms with van der Waals surface area (Å²) in [6, 6.07) is -0.657. The van der Waals surface area contributed by atoms with Gasteiger partial charge in [-0.1, -0.05) is 13.8 Å². The highest BCUT2D eigenvalue weighted by molar-refractivity contribution is 5.69. The molecular weight excluding hydrogens is 318 g/mol. The lowest BCUT2D eigenvalue weighted by molar-refractivity contribution is -0.150. The van der Waals surface area contributed by atoms with Crippen molar-refractivity contribution in [1.82, 2.24) is 15.5 Å². The molecule has 1 rings (SSSR count). The summed E-state index contributed by atoms with van der Waals surface area (Å²) in [5, 5.41) is 19.1. The number of aliphatic hydroxyl groups is 1. The lowest BCUT2D eigenvalue weighted by Crippen LogP contribution is -2.46. The summed E-state index contributed by atoms with van der Waals surface area (Å²) in [5.41, 5.74) is -0.670. The van der Waals surface area contributed by atoms with Gasteiger partial charge in [-0.05, 0) is 26.7 Å². The fraction of sp³-hybridized carbons (Fsp3) is 0.733. The molecule has 0 aliphatic heterocycles. The second-order valence-corrected chi connectivity index (χ2v) is 6.64. The number of nitrogens with one attached hydrogen (secondary N) is 1. The Balaban J connectivity index is 3.04. The van der Waals surface area contributed by atoms with Crippen LogP contribution in [0.3, 0.4) is 0 Å². The van der Waals surface area contributed by atoms with Crippen LogP contribution in [-0.4, -0.2) is 39.0 Å². The summed E-state index contributed by atoms with van der Waals surface area (Å²) >= 11 is 0. The first kappa shape index (κ1) is 19.9. The number of amides is 1. The van der Waals surface area contributed by atoms with E-state index in [0.717, 1.165) is 0 Å². The molecule has 2 atom stereocenters. The van der Waals surface area contributed by atoms with Crippen molar-refractivity contribution < 1.29 is 28.6 Å². The van der Waals surface area contributed by atoms with Gasteiger partial charge < -0.3 is 24.3 Å². The standard InChI is InChI=1S/C15H25N3O6/c1-8(2)11(16-14(21)24-15(4,5)6)12(22-9(3)20)13-18-17-10(7-19)23-13/h8,11-12,19H,7H2,1-6H3,(H,16,21). The van der Waals surface area contributed by atoms with Crippen LogP contribution in [0.15, 0.2) is 4.42 Å². The first-order valence-corrected chi connectivity index (χ1v) is 7.63. The third kappa shape index (κ3) is 6.15. The zero-order valence-corrected chi connectivity index (χ0v) is 14.8. The van der Waals surface area contributed by atoms with Gasteiger partial charge in [0.15, 0.2) is 6.10 Å². The molecule has 0 aromatic carbocycles. The molecule has 0 saturated carbocycles. The maximum atomic E-state index is 12.1. The SMILES string of the molecule is CC(=O)OC(c1nnc(CO)o1)C(NC(=O)OC(C)(C)C)C(C)C.